The fraction of sp³-hybridized carbons (Fsp3) is 0. The van der Waals surface area contributed by atoms with Crippen LogP contribution in [0, 0.1) is 0 Å². The molecule has 60 valence electrons. The molecule has 0 aliphatic carbocycles. The Labute approximate surface area is 118 Å². The molecule has 0 aliphatic heterocycles. The predicted molar refractivity (Wildman–Crippen MR) is 38.6 cm³/mol. The van der Waals surface area contributed by atoms with Crippen LogP contribution in [-0.2, 0) is 0 Å². The summed E-state index contributed by atoms with van der Waals surface area (Å²) < 4.78 is 0. The molecule has 12 heavy (non-hydrogen) atoms. The number of hydrogen-bond donors (Lipinski definition) is 1. The van der Waals surface area contributed by atoms with Crippen LogP contribution in [0.1, 0.15) is 10.5 Å². The summed E-state index contributed by atoms with van der Waals surface area (Å²) in [5.74, 6) is -1.24. The van der Waals surface area contributed by atoms with Gasteiger partial charge < -0.3 is 9.90 Å². The summed E-state index contributed by atoms with van der Waals surface area (Å²) >= 11 is 4.14. The van der Waals surface area contributed by atoms with Crippen LogP contribution in [0.25, 0.3) is 0 Å². The molecule has 0 aromatic carbocycles. The van der Waals surface area contributed by atoms with Crippen LogP contribution in [-0.4, -0.2) is 11.0 Å². The summed E-state index contributed by atoms with van der Waals surface area (Å²) in [6, 6.07) is 4.62. The van der Waals surface area contributed by atoms with E-state index in [9.17, 15) is 9.90 Å². The minimum atomic E-state index is -1.24. The van der Waals surface area contributed by atoms with Crippen LogP contribution in [0.4, 0.5) is 0 Å². The Hall–Kier alpha value is 0.506. The van der Waals surface area contributed by atoms with E-state index in [1.165, 1.54) is 12.3 Å². The minimum Gasteiger partial charge on any atom is -0.543 e. The number of aromatic carboxylic acids is 1. The van der Waals surface area contributed by atoms with Gasteiger partial charge in [0.2, 0.25) is 0 Å². The van der Waals surface area contributed by atoms with Gasteiger partial charge in [-0.2, -0.15) is 0 Å². The number of rotatable bonds is 1. The van der Waals surface area contributed by atoms with Crippen molar-refractivity contribution in [2.75, 3.05) is 0 Å². The van der Waals surface area contributed by atoms with Gasteiger partial charge >= 0.3 is 51.4 Å². The van der Waals surface area contributed by atoms with Crippen molar-refractivity contribution in [3.63, 3.8) is 0 Å². The molecule has 1 rings (SSSR count). The zero-order chi connectivity index (χ0) is 8.69. The summed E-state index contributed by atoms with van der Waals surface area (Å²) in [4.78, 5) is 13.5. The molecular formula is C6H6ClKN2O2. The van der Waals surface area contributed by atoms with Crippen molar-refractivity contribution in [1.29, 1.82) is 0 Å². The maximum Gasteiger partial charge on any atom is 1.00 e. The molecule has 0 atom stereocenters. The fourth-order valence-corrected chi connectivity index (χ4v) is 0.484. The first-order valence-electron chi connectivity index (χ1n) is 2.65. The zero-order valence-corrected chi connectivity index (χ0v) is 10.4. The van der Waals surface area contributed by atoms with Crippen LogP contribution in [0.3, 0.4) is 0 Å². The van der Waals surface area contributed by atoms with Crippen molar-refractivity contribution in [2.24, 2.45) is 5.25 Å². The van der Waals surface area contributed by atoms with Gasteiger partial charge in [-0.25, -0.2) is 5.25 Å². The van der Waals surface area contributed by atoms with Crippen LogP contribution < -0.4 is 61.7 Å². The SMILES string of the molecule is NCl.O=C([O-])c1ccccn1.[K+]. The standard InChI is InChI=1S/C6H5NO2.ClH2N.K/c8-6(9)5-3-1-2-4-7-5;1-2;/h1-4H,(H,8,9);2H2;/q;;+1/p-1. The van der Waals surface area contributed by atoms with E-state index in [4.69, 9.17) is 0 Å². The van der Waals surface area contributed by atoms with Crippen molar-refractivity contribution < 1.29 is 61.3 Å². The topological polar surface area (TPSA) is 79.0 Å². The number of carboxylic acid groups (broad SMARTS) is 1. The van der Waals surface area contributed by atoms with Crippen LogP contribution in [0.2, 0.25) is 0 Å². The molecule has 0 aliphatic rings. The monoisotopic (exact) mass is 212 g/mol. The van der Waals surface area contributed by atoms with Gasteiger partial charge in [-0.1, -0.05) is 6.07 Å². The first kappa shape index (κ1) is 15.0. The average Bonchev–Trinajstić information content (AvgIpc) is 2.10. The molecule has 1 heterocycles. The van der Waals surface area contributed by atoms with Crippen molar-refractivity contribution in [3.8, 4) is 0 Å². The predicted octanol–water partition coefficient (Wildman–Crippen LogP) is -3.45. The minimum absolute atomic E-state index is 0. The Balaban J connectivity index is 0. The Kier molecular flexibility index (Phi) is 12.0. The molecule has 2 N–H and O–H groups in total. The van der Waals surface area contributed by atoms with Crippen molar-refractivity contribution in [1.82, 2.24) is 4.98 Å². The van der Waals surface area contributed by atoms with E-state index in [0.29, 0.717) is 0 Å². The van der Waals surface area contributed by atoms with Crippen LogP contribution in [0.15, 0.2) is 24.4 Å². The summed E-state index contributed by atoms with van der Waals surface area (Å²) in [6.07, 6.45) is 1.41. The number of pyridine rings is 1. The van der Waals surface area contributed by atoms with E-state index >= 15 is 0 Å². The van der Waals surface area contributed by atoms with E-state index in [0.717, 1.165) is 0 Å². The number of hydrogen-bond acceptors (Lipinski definition) is 4. The fourth-order valence-electron chi connectivity index (χ4n) is 0.484. The number of carbonyl (C=O) groups is 1. The number of carboxylic acids is 1. The molecule has 0 saturated carbocycles. The molecule has 0 radical (unpaired) electrons. The van der Waals surface area contributed by atoms with E-state index in [-0.39, 0.29) is 57.1 Å². The van der Waals surface area contributed by atoms with E-state index < -0.39 is 5.97 Å². The molecule has 6 heteroatoms. The molecular weight excluding hydrogens is 207 g/mol. The van der Waals surface area contributed by atoms with E-state index in [2.05, 4.69) is 22.0 Å². The largest absolute Gasteiger partial charge is 1.00 e. The van der Waals surface area contributed by atoms with Gasteiger partial charge in [0.25, 0.3) is 0 Å². The third-order valence-corrected chi connectivity index (χ3v) is 0.874. The molecule has 1 aromatic rings. The third kappa shape index (κ3) is 6.07. The second-order valence-electron chi connectivity index (χ2n) is 1.50. The number of carbonyl (C=O) groups excluding carboxylic acids is 1. The average molecular weight is 213 g/mol. The first-order valence-corrected chi connectivity index (χ1v) is 3.08. The summed E-state index contributed by atoms with van der Waals surface area (Å²) in [7, 11) is 0. The Morgan fingerprint density at radius 3 is 2.33 bits per heavy atom. The maximum absolute atomic E-state index is 10.0. The second-order valence-corrected chi connectivity index (χ2v) is 1.50. The van der Waals surface area contributed by atoms with Crippen LogP contribution in [0.5, 0.6) is 0 Å². The molecule has 0 amide bonds. The normalized spacial score (nSPS) is 7.17. The molecule has 0 saturated heterocycles. The molecule has 4 nitrogen and oxygen atoms in total. The number of nitrogens with zero attached hydrogens (tertiary/aromatic N) is 1. The summed E-state index contributed by atoms with van der Waals surface area (Å²) in [5, 5.41) is 14.0. The molecule has 0 unspecified atom stereocenters. The van der Waals surface area contributed by atoms with Gasteiger partial charge in [0, 0.05) is 6.20 Å². The maximum atomic E-state index is 10.0. The Morgan fingerprint density at radius 2 is 2.08 bits per heavy atom. The van der Waals surface area contributed by atoms with Gasteiger partial charge in [0.05, 0.1) is 11.7 Å². The smallest absolute Gasteiger partial charge is 0.543 e. The number of nitrogens with two attached hydrogens (primary N) is 1. The first-order chi connectivity index (χ1) is 5.30. The van der Waals surface area contributed by atoms with Gasteiger partial charge in [-0.15, -0.1) is 0 Å². The van der Waals surface area contributed by atoms with Gasteiger partial charge in [0.15, 0.2) is 0 Å². The van der Waals surface area contributed by atoms with Crippen molar-refractivity contribution in [3.05, 3.63) is 30.1 Å². The summed E-state index contributed by atoms with van der Waals surface area (Å²) in [5.41, 5.74) is -0.0301. The van der Waals surface area contributed by atoms with Gasteiger partial charge in [0.1, 0.15) is 0 Å². The number of aromatic nitrogens is 1. The zero-order valence-electron chi connectivity index (χ0n) is 6.53. The second kappa shape index (κ2) is 9.59. The van der Waals surface area contributed by atoms with Crippen molar-refractivity contribution >= 4 is 17.7 Å². The molecule has 0 bridgehead atoms. The van der Waals surface area contributed by atoms with Gasteiger partial charge in [-0.3, -0.25) is 4.98 Å². The third-order valence-electron chi connectivity index (χ3n) is 0.874. The van der Waals surface area contributed by atoms with E-state index in [1.54, 1.807) is 12.1 Å². The summed E-state index contributed by atoms with van der Waals surface area (Å²) in [6.45, 7) is 0. The Morgan fingerprint density at radius 1 is 1.50 bits per heavy atom. The van der Waals surface area contributed by atoms with E-state index in [1.807, 2.05) is 0 Å². The Bertz CT molecular complexity index is 220. The number of halogens is 1. The molecule has 1 aromatic heterocycles. The van der Waals surface area contributed by atoms with Gasteiger partial charge in [-0.05, 0) is 23.9 Å². The van der Waals surface area contributed by atoms with Crippen LogP contribution >= 0.6 is 11.8 Å². The quantitative estimate of drug-likeness (QED) is 0.388. The molecule has 0 spiro atoms. The molecule has 0 fully saturated rings. The van der Waals surface area contributed by atoms with Crippen molar-refractivity contribution in [2.45, 2.75) is 0 Å².